The van der Waals surface area contributed by atoms with Crippen LogP contribution in [0.5, 0.6) is 0 Å². The number of carbonyl (C=O) groups excluding carboxylic acids is 1. The van der Waals surface area contributed by atoms with Gasteiger partial charge in [-0.25, -0.2) is 13.4 Å². The average molecular weight is 491 g/mol. The van der Waals surface area contributed by atoms with E-state index >= 15 is 0 Å². The van der Waals surface area contributed by atoms with Crippen molar-refractivity contribution >= 4 is 53.8 Å². The van der Waals surface area contributed by atoms with Crippen LogP contribution in [0.1, 0.15) is 13.3 Å². The normalized spacial score (nSPS) is 11.2. The lowest BCUT2D eigenvalue weighted by Crippen LogP contribution is -2.23. The van der Waals surface area contributed by atoms with Crippen molar-refractivity contribution in [3.8, 4) is 11.3 Å². The Morgan fingerprint density at radius 2 is 1.83 bits per heavy atom. The van der Waals surface area contributed by atoms with Gasteiger partial charge in [0.15, 0.2) is 15.0 Å². The van der Waals surface area contributed by atoms with Crippen molar-refractivity contribution in [2.75, 3.05) is 10.7 Å². The summed E-state index contributed by atoms with van der Waals surface area (Å²) < 4.78 is 25.5. The molecule has 0 fully saturated rings. The number of aromatic nitrogens is 1. The first-order chi connectivity index (χ1) is 13.9. The number of rotatable bonds is 7. The topological polar surface area (TPSA) is 67.3 Å². The van der Waals surface area contributed by atoms with E-state index in [9.17, 15) is 13.2 Å². The fourth-order valence-electron chi connectivity index (χ4n) is 2.73. The minimum Gasteiger partial charge on any atom is -0.269 e. The lowest BCUT2D eigenvalue weighted by atomic mass is 10.2. The Morgan fingerprint density at radius 1 is 1.17 bits per heavy atom. The summed E-state index contributed by atoms with van der Waals surface area (Å²) >= 11 is 4.74. The zero-order chi connectivity index (χ0) is 21.0. The van der Waals surface area contributed by atoms with Gasteiger partial charge >= 0.3 is 0 Å². The molecule has 1 aromatic heterocycles. The Hall–Kier alpha value is -2.29. The first-order valence-electron chi connectivity index (χ1n) is 8.86. The highest BCUT2D eigenvalue weighted by Gasteiger charge is 2.21. The molecule has 0 aliphatic rings. The van der Waals surface area contributed by atoms with Crippen LogP contribution in [0.25, 0.3) is 11.3 Å². The van der Waals surface area contributed by atoms with Gasteiger partial charge in [0, 0.05) is 15.4 Å². The van der Waals surface area contributed by atoms with E-state index in [1.807, 2.05) is 36.6 Å². The van der Waals surface area contributed by atoms with Crippen molar-refractivity contribution in [1.29, 1.82) is 0 Å². The number of hydrogen-bond acceptors (Lipinski definition) is 5. The summed E-state index contributed by atoms with van der Waals surface area (Å²) in [6.45, 7) is 5.39. The molecule has 2 aromatic carbocycles. The molecule has 0 aliphatic carbocycles. The van der Waals surface area contributed by atoms with Crippen LogP contribution in [-0.2, 0) is 14.6 Å². The molecular formula is C21H19BrN2O3S2. The second-order valence-electron chi connectivity index (χ2n) is 6.21. The molecule has 0 aliphatic heterocycles. The zero-order valence-corrected chi connectivity index (χ0v) is 18.9. The van der Waals surface area contributed by atoms with Gasteiger partial charge in [0.1, 0.15) is 0 Å². The smallest absolute Gasteiger partial charge is 0.256 e. The van der Waals surface area contributed by atoms with Crippen molar-refractivity contribution in [3.63, 3.8) is 0 Å². The number of benzene rings is 2. The fraction of sp³-hybridized carbons (Fsp3) is 0.143. The van der Waals surface area contributed by atoms with Crippen LogP contribution in [0.15, 0.2) is 75.9 Å². The molecule has 3 rings (SSSR count). The van der Waals surface area contributed by atoms with E-state index in [1.54, 1.807) is 12.1 Å². The van der Waals surface area contributed by atoms with Crippen molar-refractivity contribution in [1.82, 2.24) is 4.98 Å². The van der Waals surface area contributed by atoms with Gasteiger partial charge in [0.05, 0.1) is 22.0 Å². The minimum atomic E-state index is -3.32. The van der Waals surface area contributed by atoms with Crippen molar-refractivity contribution < 1.29 is 13.2 Å². The molecule has 5 nitrogen and oxygen atoms in total. The van der Waals surface area contributed by atoms with E-state index in [0.29, 0.717) is 17.2 Å². The van der Waals surface area contributed by atoms with Gasteiger partial charge < -0.3 is 0 Å². The SMILES string of the molecule is C=CC(=O)N(c1ccc(S(=O)(=O)CCC)cc1)c1nc(-c2ccc(Br)cc2)cs1. The van der Waals surface area contributed by atoms with E-state index in [0.717, 1.165) is 15.7 Å². The molecule has 8 heteroatoms. The lowest BCUT2D eigenvalue weighted by molar-refractivity contribution is -0.113. The molecule has 0 atom stereocenters. The molecule has 3 aromatic rings. The average Bonchev–Trinajstić information content (AvgIpc) is 3.18. The third-order valence-corrected chi connectivity index (χ3v) is 7.44. The Morgan fingerprint density at radius 3 is 2.41 bits per heavy atom. The summed E-state index contributed by atoms with van der Waals surface area (Å²) in [7, 11) is -3.32. The van der Waals surface area contributed by atoms with Gasteiger partial charge in [-0.05, 0) is 48.9 Å². The standard InChI is InChI=1S/C21H19BrN2O3S2/c1-3-13-29(26,27)18-11-9-17(10-12-18)24(20(25)4-2)21-23-19(14-28-21)15-5-7-16(22)8-6-15/h4-12,14H,2-3,13H2,1H3. The van der Waals surface area contributed by atoms with E-state index in [-0.39, 0.29) is 16.6 Å². The molecule has 0 saturated carbocycles. The maximum atomic E-state index is 12.5. The number of hydrogen-bond donors (Lipinski definition) is 0. The second kappa shape index (κ2) is 9.02. The molecule has 1 amide bonds. The predicted molar refractivity (Wildman–Crippen MR) is 121 cm³/mol. The second-order valence-corrected chi connectivity index (χ2v) is 10.1. The molecule has 0 saturated heterocycles. The molecule has 150 valence electrons. The van der Waals surface area contributed by atoms with Crippen LogP contribution >= 0.6 is 27.3 Å². The zero-order valence-electron chi connectivity index (χ0n) is 15.7. The van der Waals surface area contributed by atoms with Gasteiger partial charge in [-0.1, -0.05) is 41.6 Å². The van der Waals surface area contributed by atoms with E-state index in [1.165, 1.54) is 34.4 Å². The summed E-state index contributed by atoms with van der Waals surface area (Å²) in [4.78, 5) is 18.8. The molecule has 0 N–H and O–H groups in total. The van der Waals surface area contributed by atoms with Crippen molar-refractivity contribution in [2.24, 2.45) is 0 Å². The van der Waals surface area contributed by atoms with Gasteiger partial charge in [-0.15, -0.1) is 11.3 Å². The number of anilines is 2. The monoisotopic (exact) mass is 490 g/mol. The number of amides is 1. The van der Waals surface area contributed by atoms with Crippen molar-refractivity contribution in [2.45, 2.75) is 18.2 Å². The minimum absolute atomic E-state index is 0.0880. The largest absolute Gasteiger partial charge is 0.269 e. The van der Waals surface area contributed by atoms with E-state index in [2.05, 4.69) is 27.5 Å². The Kier molecular flexibility index (Phi) is 6.66. The maximum Gasteiger partial charge on any atom is 0.256 e. The Labute approximate surface area is 182 Å². The molecule has 1 heterocycles. The van der Waals surface area contributed by atoms with Gasteiger partial charge in [0.25, 0.3) is 5.91 Å². The summed E-state index contributed by atoms with van der Waals surface area (Å²) in [5.74, 6) is -0.254. The Balaban J connectivity index is 1.96. The maximum absolute atomic E-state index is 12.5. The Bertz CT molecular complexity index is 1120. The van der Waals surface area contributed by atoms with Gasteiger partial charge in [-0.3, -0.25) is 9.69 Å². The third kappa shape index (κ3) is 4.83. The highest BCUT2D eigenvalue weighted by atomic mass is 79.9. The number of carbonyl (C=O) groups is 1. The predicted octanol–water partition coefficient (Wildman–Crippen LogP) is 5.61. The quantitative estimate of drug-likeness (QED) is 0.403. The van der Waals surface area contributed by atoms with Crippen LogP contribution in [-0.4, -0.2) is 25.1 Å². The van der Waals surface area contributed by atoms with Gasteiger partial charge in [0.2, 0.25) is 0 Å². The van der Waals surface area contributed by atoms with Crippen LogP contribution in [0, 0.1) is 0 Å². The van der Waals surface area contributed by atoms with Crippen LogP contribution < -0.4 is 4.90 Å². The molecule has 0 bridgehead atoms. The van der Waals surface area contributed by atoms with Crippen LogP contribution in [0.2, 0.25) is 0 Å². The molecular weight excluding hydrogens is 472 g/mol. The molecule has 29 heavy (non-hydrogen) atoms. The summed E-state index contributed by atoms with van der Waals surface area (Å²) in [5, 5.41) is 2.36. The lowest BCUT2D eigenvalue weighted by Gasteiger charge is -2.18. The third-order valence-electron chi connectivity index (χ3n) is 4.15. The number of sulfone groups is 1. The first kappa shape index (κ1) is 21.4. The van der Waals surface area contributed by atoms with Crippen molar-refractivity contribution in [3.05, 3.63) is 71.0 Å². The van der Waals surface area contributed by atoms with Crippen LogP contribution in [0.4, 0.5) is 10.8 Å². The van der Waals surface area contributed by atoms with Crippen LogP contribution in [0.3, 0.4) is 0 Å². The summed E-state index contributed by atoms with van der Waals surface area (Å²) in [6, 6.07) is 14.0. The van der Waals surface area contributed by atoms with Gasteiger partial charge in [-0.2, -0.15) is 0 Å². The number of thiazole rings is 1. The molecule has 0 unspecified atom stereocenters. The highest BCUT2D eigenvalue weighted by molar-refractivity contribution is 9.10. The molecule has 0 spiro atoms. The summed E-state index contributed by atoms with van der Waals surface area (Å²) in [6.07, 6.45) is 1.76. The summed E-state index contributed by atoms with van der Waals surface area (Å²) in [5.41, 5.74) is 2.21. The number of halogens is 1. The fourth-order valence-corrected chi connectivity index (χ4v) is 5.18. The number of nitrogens with zero attached hydrogens (tertiary/aromatic N) is 2. The highest BCUT2D eigenvalue weighted by Crippen LogP contribution is 2.33. The van der Waals surface area contributed by atoms with E-state index < -0.39 is 9.84 Å². The first-order valence-corrected chi connectivity index (χ1v) is 12.2. The van der Waals surface area contributed by atoms with E-state index in [4.69, 9.17) is 0 Å². The molecule has 0 radical (unpaired) electrons.